The fourth-order valence-corrected chi connectivity index (χ4v) is 4.31. The second kappa shape index (κ2) is 8.71. The van der Waals surface area contributed by atoms with Crippen LogP contribution in [0.15, 0.2) is 77.3 Å². The number of hydrogen-bond donors (Lipinski definition) is 2. The fraction of sp³-hybridized carbons (Fsp3) is 0.167. The highest BCUT2D eigenvalue weighted by Gasteiger charge is 2.29. The van der Waals surface area contributed by atoms with Gasteiger partial charge in [-0.25, -0.2) is 9.59 Å². The first-order valence-electron chi connectivity index (χ1n) is 9.62. The number of hydrogen-bond acceptors (Lipinski definition) is 3. The van der Waals surface area contributed by atoms with E-state index in [-0.39, 0.29) is 18.9 Å². The summed E-state index contributed by atoms with van der Waals surface area (Å²) >= 11 is 3.41. The summed E-state index contributed by atoms with van der Waals surface area (Å²) in [4.78, 5) is 24.1. The zero-order valence-corrected chi connectivity index (χ0v) is 17.6. The largest absolute Gasteiger partial charge is 0.480 e. The van der Waals surface area contributed by atoms with Crippen LogP contribution in [-0.4, -0.2) is 29.8 Å². The van der Waals surface area contributed by atoms with Crippen molar-refractivity contribution in [1.29, 1.82) is 0 Å². The normalized spacial score (nSPS) is 13.2. The maximum absolute atomic E-state index is 12.4. The molecule has 0 radical (unpaired) electrons. The fourth-order valence-electron chi connectivity index (χ4n) is 3.87. The molecule has 0 aliphatic heterocycles. The first-order valence-corrected chi connectivity index (χ1v) is 10.4. The van der Waals surface area contributed by atoms with E-state index in [1.807, 2.05) is 60.7 Å². The molecule has 2 N–H and O–H groups in total. The Bertz CT molecular complexity index is 1050. The number of amides is 1. The Labute approximate surface area is 182 Å². The number of halogens is 1. The average molecular weight is 466 g/mol. The first kappa shape index (κ1) is 20.2. The summed E-state index contributed by atoms with van der Waals surface area (Å²) in [5.74, 6) is -1.19. The van der Waals surface area contributed by atoms with Crippen LogP contribution in [0.25, 0.3) is 11.1 Å². The van der Waals surface area contributed by atoms with Gasteiger partial charge < -0.3 is 15.2 Å². The van der Waals surface area contributed by atoms with Crippen LogP contribution in [0.1, 0.15) is 22.6 Å². The highest BCUT2D eigenvalue weighted by molar-refractivity contribution is 9.10. The topological polar surface area (TPSA) is 75.6 Å². The van der Waals surface area contributed by atoms with Crippen LogP contribution >= 0.6 is 15.9 Å². The molecule has 0 unspecified atom stereocenters. The van der Waals surface area contributed by atoms with Crippen LogP contribution < -0.4 is 5.32 Å². The standard InChI is InChI=1S/C24H20BrNO4/c25-21-12-6-1-7-15(21)13-22(23(27)28)26-24(29)30-14-20-18-10-4-2-8-16(18)17-9-3-5-11-19(17)20/h1-12,20,22H,13-14H2,(H,26,29)(H,27,28)/t22-/m0/s1. The van der Waals surface area contributed by atoms with Crippen molar-refractivity contribution in [3.63, 3.8) is 0 Å². The summed E-state index contributed by atoms with van der Waals surface area (Å²) in [6.07, 6.45) is -0.586. The van der Waals surface area contributed by atoms with E-state index >= 15 is 0 Å². The molecule has 0 spiro atoms. The third-order valence-corrected chi connectivity index (χ3v) is 6.09. The van der Waals surface area contributed by atoms with Gasteiger partial charge in [-0.2, -0.15) is 0 Å². The molecule has 3 aromatic carbocycles. The molecule has 1 atom stereocenters. The van der Waals surface area contributed by atoms with Crippen molar-refractivity contribution < 1.29 is 19.4 Å². The molecular formula is C24H20BrNO4. The smallest absolute Gasteiger partial charge is 0.407 e. The van der Waals surface area contributed by atoms with E-state index in [0.717, 1.165) is 32.3 Å². The summed E-state index contributed by atoms with van der Waals surface area (Å²) in [5, 5.41) is 12.0. The highest BCUT2D eigenvalue weighted by atomic mass is 79.9. The molecule has 6 heteroatoms. The van der Waals surface area contributed by atoms with Gasteiger partial charge in [0.15, 0.2) is 0 Å². The Hall–Kier alpha value is -3.12. The molecule has 0 aromatic heterocycles. The molecule has 1 aliphatic rings. The Kier molecular flexibility index (Phi) is 5.86. The number of benzene rings is 3. The van der Waals surface area contributed by atoms with Gasteiger partial charge in [-0.1, -0.05) is 82.7 Å². The van der Waals surface area contributed by atoms with Gasteiger partial charge in [-0.15, -0.1) is 0 Å². The third-order valence-electron chi connectivity index (χ3n) is 5.32. The number of carbonyl (C=O) groups is 2. The predicted octanol–water partition coefficient (Wildman–Crippen LogP) is 4.98. The Morgan fingerprint density at radius 1 is 0.933 bits per heavy atom. The number of rotatable bonds is 6. The monoisotopic (exact) mass is 465 g/mol. The number of nitrogens with one attached hydrogen (secondary N) is 1. The average Bonchev–Trinajstić information content (AvgIpc) is 3.07. The number of carbonyl (C=O) groups excluding carboxylic acids is 1. The molecule has 0 bridgehead atoms. The lowest BCUT2D eigenvalue weighted by atomic mass is 9.98. The molecule has 3 aromatic rings. The van der Waals surface area contributed by atoms with Gasteiger partial charge in [-0.05, 0) is 33.9 Å². The van der Waals surface area contributed by atoms with Crippen LogP contribution in [0.2, 0.25) is 0 Å². The molecule has 0 saturated heterocycles. The zero-order chi connectivity index (χ0) is 21.1. The van der Waals surface area contributed by atoms with Gasteiger partial charge in [0.05, 0.1) is 0 Å². The van der Waals surface area contributed by atoms with E-state index in [1.165, 1.54) is 0 Å². The quantitative estimate of drug-likeness (QED) is 0.537. The number of alkyl carbamates (subject to hydrolysis) is 1. The van der Waals surface area contributed by atoms with Gasteiger partial charge in [0, 0.05) is 16.8 Å². The molecule has 0 fully saturated rings. The van der Waals surface area contributed by atoms with Crippen LogP contribution in [0, 0.1) is 0 Å². The van der Waals surface area contributed by atoms with Crippen molar-refractivity contribution in [3.8, 4) is 11.1 Å². The second-order valence-corrected chi connectivity index (χ2v) is 8.01. The van der Waals surface area contributed by atoms with Crippen molar-refractivity contribution >= 4 is 28.0 Å². The van der Waals surface area contributed by atoms with Crippen molar-refractivity contribution in [2.45, 2.75) is 18.4 Å². The molecule has 152 valence electrons. The molecule has 30 heavy (non-hydrogen) atoms. The lowest BCUT2D eigenvalue weighted by Crippen LogP contribution is -2.43. The number of carboxylic acids is 1. The maximum atomic E-state index is 12.4. The lowest BCUT2D eigenvalue weighted by molar-refractivity contribution is -0.139. The minimum absolute atomic E-state index is 0.0744. The van der Waals surface area contributed by atoms with Gasteiger partial charge >= 0.3 is 12.1 Å². The Morgan fingerprint density at radius 2 is 1.50 bits per heavy atom. The minimum Gasteiger partial charge on any atom is -0.480 e. The predicted molar refractivity (Wildman–Crippen MR) is 117 cm³/mol. The summed E-state index contributed by atoms with van der Waals surface area (Å²) in [5.41, 5.74) is 5.28. The second-order valence-electron chi connectivity index (χ2n) is 7.16. The van der Waals surface area contributed by atoms with Gasteiger partial charge in [0.2, 0.25) is 0 Å². The van der Waals surface area contributed by atoms with Crippen molar-refractivity contribution in [3.05, 3.63) is 94.0 Å². The number of ether oxygens (including phenoxy) is 1. The third kappa shape index (κ3) is 4.09. The van der Waals surface area contributed by atoms with Crippen molar-refractivity contribution in [1.82, 2.24) is 5.32 Å². The molecular weight excluding hydrogens is 446 g/mol. The van der Waals surface area contributed by atoms with Crippen LogP contribution in [-0.2, 0) is 16.0 Å². The molecule has 5 nitrogen and oxygen atoms in total. The van der Waals surface area contributed by atoms with E-state index in [1.54, 1.807) is 0 Å². The molecule has 1 aliphatic carbocycles. The molecule has 0 heterocycles. The first-order chi connectivity index (χ1) is 14.5. The van der Waals surface area contributed by atoms with Crippen LogP contribution in [0.4, 0.5) is 4.79 Å². The number of carboxylic acid groups (broad SMARTS) is 1. The summed E-state index contributed by atoms with van der Waals surface area (Å²) in [7, 11) is 0. The maximum Gasteiger partial charge on any atom is 0.407 e. The Morgan fingerprint density at radius 3 is 2.10 bits per heavy atom. The number of aliphatic carboxylic acids is 1. The van der Waals surface area contributed by atoms with Crippen molar-refractivity contribution in [2.75, 3.05) is 6.61 Å². The molecule has 1 amide bonds. The summed E-state index contributed by atoms with van der Waals surface area (Å²) in [6.45, 7) is 0.140. The molecule has 4 rings (SSSR count). The lowest BCUT2D eigenvalue weighted by Gasteiger charge is -2.18. The Balaban J connectivity index is 1.44. The van der Waals surface area contributed by atoms with Crippen LogP contribution in [0.3, 0.4) is 0 Å². The van der Waals surface area contributed by atoms with Gasteiger partial charge in [0.1, 0.15) is 12.6 Å². The SMILES string of the molecule is O=C(N[C@@H](Cc1ccccc1Br)C(=O)O)OCC1c2ccccc2-c2ccccc21. The summed E-state index contributed by atoms with van der Waals surface area (Å²) in [6, 6.07) is 22.4. The number of fused-ring (bicyclic) bond motifs is 3. The van der Waals surface area contributed by atoms with Gasteiger partial charge in [-0.3, -0.25) is 0 Å². The van der Waals surface area contributed by atoms with Crippen molar-refractivity contribution in [2.24, 2.45) is 0 Å². The van der Waals surface area contributed by atoms with Crippen LogP contribution in [0.5, 0.6) is 0 Å². The van der Waals surface area contributed by atoms with Gasteiger partial charge in [0.25, 0.3) is 0 Å². The van der Waals surface area contributed by atoms with E-state index < -0.39 is 18.1 Å². The van der Waals surface area contributed by atoms with E-state index in [9.17, 15) is 14.7 Å². The highest BCUT2D eigenvalue weighted by Crippen LogP contribution is 2.44. The molecule has 0 saturated carbocycles. The minimum atomic E-state index is -1.11. The van der Waals surface area contributed by atoms with E-state index in [4.69, 9.17) is 4.74 Å². The van der Waals surface area contributed by atoms with E-state index in [0.29, 0.717) is 0 Å². The van der Waals surface area contributed by atoms with E-state index in [2.05, 4.69) is 33.4 Å². The zero-order valence-electron chi connectivity index (χ0n) is 16.0. The summed E-state index contributed by atoms with van der Waals surface area (Å²) < 4.78 is 6.26.